The Morgan fingerprint density at radius 1 is 1.12 bits per heavy atom. The molecule has 3 aromatic heterocycles. The second-order valence-electron chi connectivity index (χ2n) is 9.73. The minimum absolute atomic E-state index is 0.00871. The Balaban J connectivity index is 1.21. The molecule has 0 bridgehead atoms. The number of hydrogen-bond acceptors (Lipinski definition) is 10. The number of nitrogens with zero attached hydrogens (tertiary/aromatic N) is 9. The van der Waals surface area contributed by atoms with Crippen molar-refractivity contribution in [1.29, 1.82) is 0 Å². The Morgan fingerprint density at radius 2 is 2.00 bits per heavy atom. The van der Waals surface area contributed by atoms with Gasteiger partial charge in [0.1, 0.15) is 34.4 Å². The Kier molecular flexibility index (Phi) is 6.42. The smallest absolute Gasteiger partial charge is 0.246 e. The maximum absolute atomic E-state index is 12.1. The second kappa shape index (κ2) is 10.2. The molecule has 12 heteroatoms. The van der Waals surface area contributed by atoms with E-state index in [1.165, 1.54) is 12.4 Å². The molecule has 1 aliphatic rings. The van der Waals surface area contributed by atoms with Gasteiger partial charge in [0.25, 0.3) is 0 Å². The quantitative estimate of drug-likeness (QED) is 0.320. The monoisotopic (exact) mass is 536 g/mol. The first-order chi connectivity index (χ1) is 19.4. The molecule has 12 nitrogen and oxygen atoms in total. The minimum atomic E-state index is -0.0650. The van der Waals surface area contributed by atoms with Crippen LogP contribution in [0.4, 0.5) is 17.5 Å². The maximum Gasteiger partial charge on any atom is 0.246 e. The molecule has 202 valence electrons. The highest BCUT2D eigenvalue weighted by molar-refractivity contribution is 5.88. The summed E-state index contributed by atoms with van der Waals surface area (Å²) >= 11 is 0. The molecule has 0 saturated carbocycles. The lowest BCUT2D eigenvalue weighted by Gasteiger charge is -2.39. The third-order valence-corrected chi connectivity index (χ3v) is 6.98. The number of benzene rings is 2. The normalized spacial score (nSPS) is 15.4. The Bertz CT molecular complexity index is 1750. The van der Waals surface area contributed by atoms with E-state index in [-0.39, 0.29) is 11.9 Å². The summed E-state index contributed by atoms with van der Waals surface area (Å²) in [6.45, 7) is 9.41. The highest BCUT2D eigenvalue weighted by Gasteiger charge is 2.27. The van der Waals surface area contributed by atoms with Crippen molar-refractivity contribution in [1.82, 2.24) is 39.8 Å². The second-order valence-corrected chi connectivity index (χ2v) is 9.73. The Morgan fingerprint density at radius 3 is 2.80 bits per heavy atom. The van der Waals surface area contributed by atoms with E-state index in [2.05, 4.69) is 42.1 Å². The summed E-state index contributed by atoms with van der Waals surface area (Å²) in [6.07, 6.45) is 4.54. The number of carbonyl (C=O) groups is 1. The minimum Gasteiger partial charge on any atom is -0.457 e. The molecule has 5 aromatic rings. The maximum atomic E-state index is 12.1. The summed E-state index contributed by atoms with van der Waals surface area (Å²) < 4.78 is 7.86. The molecule has 0 spiro atoms. The van der Waals surface area contributed by atoms with E-state index in [9.17, 15) is 4.79 Å². The Labute approximate surface area is 230 Å². The number of carbonyl (C=O) groups excluding carboxylic acids is 1. The van der Waals surface area contributed by atoms with E-state index in [0.717, 1.165) is 28.0 Å². The fourth-order valence-electron chi connectivity index (χ4n) is 4.86. The molecule has 4 heterocycles. The standard InChI is InChI=1S/C28H28N10O2/c1-5-25(39)38-11-10-37(15-18(38)3)28-29-14-22-26(33-28)27(31-16-30-22)32-19-6-9-24(17(2)12-19)40-20-7-8-23-21(13-20)34-35-36(23)4/h5-9,12-14,16,18H,1,10-11,15H2,2-4H3,(H,30,31,32)/t18-/m0/s1. The molecule has 0 unspecified atom stereocenters. The molecule has 1 atom stereocenters. The number of nitrogens with one attached hydrogen (secondary N) is 1. The van der Waals surface area contributed by atoms with Crippen molar-refractivity contribution in [2.24, 2.45) is 7.05 Å². The number of ether oxygens (including phenoxy) is 1. The first-order valence-corrected chi connectivity index (χ1v) is 12.9. The zero-order valence-electron chi connectivity index (χ0n) is 22.4. The van der Waals surface area contributed by atoms with Gasteiger partial charge in [-0.15, -0.1) is 5.10 Å². The fourth-order valence-corrected chi connectivity index (χ4v) is 4.86. The molecular weight excluding hydrogens is 508 g/mol. The number of amides is 1. The van der Waals surface area contributed by atoms with E-state index in [0.29, 0.717) is 48.2 Å². The van der Waals surface area contributed by atoms with Gasteiger partial charge in [-0.25, -0.2) is 24.6 Å². The lowest BCUT2D eigenvalue weighted by atomic mass is 10.2. The molecule has 2 aromatic carbocycles. The Hall–Kier alpha value is -5.13. The van der Waals surface area contributed by atoms with Crippen LogP contribution in [0, 0.1) is 6.92 Å². The van der Waals surface area contributed by atoms with E-state index in [4.69, 9.17) is 9.72 Å². The van der Waals surface area contributed by atoms with E-state index >= 15 is 0 Å². The molecule has 1 N–H and O–H groups in total. The number of rotatable bonds is 6. The van der Waals surface area contributed by atoms with Gasteiger partial charge in [0.05, 0.1) is 11.7 Å². The van der Waals surface area contributed by atoms with Crippen molar-refractivity contribution in [2.75, 3.05) is 29.9 Å². The topological polar surface area (TPSA) is 127 Å². The number of aromatic nitrogens is 7. The first-order valence-electron chi connectivity index (χ1n) is 12.9. The average Bonchev–Trinajstić information content (AvgIpc) is 3.33. The zero-order valence-corrected chi connectivity index (χ0v) is 22.4. The predicted molar refractivity (Wildman–Crippen MR) is 152 cm³/mol. The molecule has 1 amide bonds. The number of aryl methyl sites for hydroxylation is 2. The summed E-state index contributed by atoms with van der Waals surface area (Å²) in [4.78, 5) is 34.1. The van der Waals surface area contributed by atoms with E-state index in [1.807, 2.05) is 62.2 Å². The van der Waals surface area contributed by atoms with Gasteiger partial charge in [-0.1, -0.05) is 11.8 Å². The number of anilines is 3. The summed E-state index contributed by atoms with van der Waals surface area (Å²) in [5, 5.41) is 11.6. The van der Waals surface area contributed by atoms with Crippen LogP contribution in [-0.4, -0.2) is 71.4 Å². The predicted octanol–water partition coefficient (Wildman–Crippen LogP) is 3.77. The lowest BCUT2D eigenvalue weighted by Crippen LogP contribution is -2.54. The summed E-state index contributed by atoms with van der Waals surface area (Å²) in [5.41, 5.74) is 4.73. The van der Waals surface area contributed by atoms with Gasteiger partial charge in [-0.05, 0) is 55.8 Å². The average molecular weight is 537 g/mol. The molecule has 0 aliphatic carbocycles. The van der Waals surface area contributed by atoms with Gasteiger partial charge in [-0.2, -0.15) is 0 Å². The van der Waals surface area contributed by atoms with Gasteiger partial charge >= 0.3 is 0 Å². The van der Waals surface area contributed by atoms with Crippen molar-refractivity contribution in [2.45, 2.75) is 19.9 Å². The highest BCUT2D eigenvalue weighted by Crippen LogP contribution is 2.31. The number of piperazine rings is 1. The third kappa shape index (κ3) is 4.75. The molecule has 6 rings (SSSR count). The number of hydrogen-bond donors (Lipinski definition) is 1. The van der Waals surface area contributed by atoms with Crippen LogP contribution < -0.4 is 15.0 Å². The molecule has 1 fully saturated rings. The van der Waals surface area contributed by atoms with Crippen LogP contribution in [0.25, 0.3) is 22.1 Å². The highest BCUT2D eigenvalue weighted by atomic mass is 16.5. The van der Waals surface area contributed by atoms with E-state index in [1.54, 1.807) is 10.9 Å². The van der Waals surface area contributed by atoms with Gasteiger partial charge in [-0.3, -0.25) is 4.79 Å². The number of fused-ring (bicyclic) bond motifs is 2. The lowest BCUT2D eigenvalue weighted by molar-refractivity contribution is -0.128. The van der Waals surface area contributed by atoms with Crippen molar-refractivity contribution in [3.8, 4) is 11.5 Å². The first kappa shape index (κ1) is 25.2. The van der Waals surface area contributed by atoms with Crippen molar-refractivity contribution in [3.05, 3.63) is 67.1 Å². The van der Waals surface area contributed by atoms with Gasteiger partial charge in [0.2, 0.25) is 11.9 Å². The SMILES string of the molecule is C=CC(=O)N1CCN(c2ncc3ncnc(Nc4ccc(Oc5ccc6c(c5)nnn6C)c(C)c4)c3n2)C[C@@H]1C. The summed E-state index contributed by atoms with van der Waals surface area (Å²) in [7, 11) is 1.86. The van der Waals surface area contributed by atoms with Crippen LogP contribution >= 0.6 is 0 Å². The fraction of sp³-hybridized carbons (Fsp3) is 0.250. The van der Waals surface area contributed by atoms with E-state index < -0.39 is 0 Å². The van der Waals surface area contributed by atoms with Crippen molar-refractivity contribution >= 4 is 45.4 Å². The molecule has 1 aliphatic heterocycles. The molecule has 40 heavy (non-hydrogen) atoms. The zero-order chi connectivity index (χ0) is 27.8. The van der Waals surface area contributed by atoms with Crippen LogP contribution in [0.2, 0.25) is 0 Å². The van der Waals surface area contributed by atoms with Crippen molar-refractivity contribution < 1.29 is 9.53 Å². The summed E-state index contributed by atoms with van der Waals surface area (Å²) in [6, 6.07) is 11.5. The van der Waals surface area contributed by atoms with Crippen molar-refractivity contribution in [3.63, 3.8) is 0 Å². The third-order valence-electron chi connectivity index (χ3n) is 6.98. The molecule has 1 saturated heterocycles. The van der Waals surface area contributed by atoms with Crippen LogP contribution in [0.5, 0.6) is 11.5 Å². The van der Waals surface area contributed by atoms with Crippen LogP contribution in [0.15, 0.2) is 61.6 Å². The molecule has 0 radical (unpaired) electrons. The van der Waals surface area contributed by atoms with Gasteiger partial charge < -0.3 is 19.9 Å². The van der Waals surface area contributed by atoms with Gasteiger partial charge in [0, 0.05) is 44.5 Å². The summed E-state index contributed by atoms with van der Waals surface area (Å²) in [5.74, 6) is 2.50. The van der Waals surface area contributed by atoms with Crippen LogP contribution in [-0.2, 0) is 11.8 Å². The van der Waals surface area contributed by atoms with Crippen LogP contribution in [0.3, 0.4) is 0 Å². The molecular formula is C28H28N10O2. The van der Waals surface area contributed by atoms with Gasteiger partial charge in [0.15, 0.2) is 5.82 Å². The largest absolute Gasteiger partial charge is 0.457 e. The van der Waals surface area contributed by atoms with Crippen LogP contribution in [0.1, 0.15) is 12.5 Å².